The molecule has 0 radical (unpaired) electrons. The Morgan fingerprint density at radius 3 is 2.65 bits per heavy atom. The normalized spacial score (nSPS) is 12.5. The molecule has 0 spiro atoms. The van der Waals surface area contributed by atoms with Crippen LogP contribution in [-0.4, -0.2) is 17.0 Å². The van der Waals surface area contributed by atoms with Gasteiger partial charge in [-0.3, -0.25) is 9.97 Å². The number of hydrogen-bond acceptors (Lipinski definition) is 3. The van der Waals surface area contributed by atoms with Gasteiger partial charge in [0.25, 0.3) is 0 Å². The van der Waals surface area contributed by atoms with Gasteiger partial charge < -0.3 is 5.32 Å². The van der Waals surface area contributed by atoms with Crippen molar-refractivity contribution in [2.24, 2.45) is 0 Å². The Bertz CT molecular complexity index is 742. The van der Waals surface area contributed by atoms with Crippen LogP contribution in [0.3, 0.4) is 0 Å². The van der Waals surface area contributed by atoms with Gasteiger partial charge in [0.15, 0.2) is 0 Å². The zero-order valence-corrected chi connectivity index (χ0v) is 12.6. The Kier molecular flexibility index (Phi) is 3.76. The lowest BCUT2D eigenvalue weighted by atomic mass is 10.0. The first-order valence-electron chi connectivity index (χ1n) is 6.42. The number of halogens is 1. The minimum atomic E-state index is 0.0511. The van der Waals surface area contributed by atoms with Crippen molar-refractivity contribution in [1.82, 2.24) is 15.3 Å². The lowest BCUT2D eigenvalue weighted by Gasteiger charge is -2.18. The van der Waals surface area contributed by atoms with Crippen LogP contribution in [0.5, 0.6) is 0 Å². The molecule has 20 heavy (non-hydrogen) atoms. The van der Waals surface area contributed by atoms with Crippen LogP contribution in [0.2, 0.25) is 0 Å². The molecule has 0 saturated carbocycles. The zero-order valence-electron chi connectivity index (χ0n) is 11.0. The van der Waals surface area contributed by atoms with E-state index in [1.54, 1.807) is 0 Å². The fourth-order valence-electron chi connectivity index (χ4n) is 2.35. The lowest BCUT2D eigenvalue weighted by Crippen LogP contribution is -2.19. The molecule has 1 unspecified atom stereocenters. The van der Waals surface area contributed by atoms with Crippen molar-refractivity contribution in [2.75, 3.05) is 7.05 Å². The summed E-state index contributed by atoms with van der Waals surface area (Å²) in [4.78, 5) is 8.83. The van der Waals surface area contributed by atoms with E-state index in [0.29, 0.717) is 0 Å². The van der Waals surface area contributed by atoms with Gasteiger partial charge in [-0.2, -0.15) is 0 Å². The van der Waals surface area contributed by atoms with E-state index < -0.39 is 0 Å². The Hall–Kier alpha value is -1.78. The van der Waals surface area contributed by atoms with Crippen molar-refractivity contribution in [3.63, 3.8) is 0 Å². The molecule has 0 aliphatic carbocycles. The maximum absolute atomic E-state index is 4.48. The molecule has 0 bridgehead atoms. The molecule has 0 aliphatic heterocycles. The van der Waals surface area contributed by atoms with Crippen LogP contribution in [0.4, 0.5) is 0 Å². The molecular formula is C16H14BrN3. The fraction of sp³-hybridized carbons (Fsp3) is 0.125. The van der Waals surface area contributed by atoms with Crippen LogP contribution < -0.4 is 5.32 Å². The first-order chi connectivity index (χ1) is 9.79. The summed E-state index contributed by atoms with van der Waals surface area (Å²) < 4.78 is 1.01. The van der Waals surface area contributed by atoms with Crippen molar-refractivity contribution in [3.8, 4) is 0 Å². The van der Waals surface area contributed by atoms with Crippen molar-refractivity contribution in [2.45, 2.75) is 6.04 Å². The summed E-state index contributed by atoms with van der Waals surface area (Å²) in [5, 5.41) is 4.46. The average molecular weight is 328 g/mol. The first kappa shape index (κ1) is 13.2. The maximum atomic E-state index is 4.48. The smallest absolute Gasteiger partial charge is 0.0760 e. The summed E-state index contributed by atoms with van der Waals surface area (Å²) in [6.45, 7) is 0. The van der Waals surface area contributed by atoms with E-state index in [1.165, 1.54) is 5.56 Å². The summed E-state index contributed by atoms with van der Waals surface area (Å²) in [6, 6.07) is 14.3. The number of aromatic nitrogens is 2. The molecular weight excluding hydrogens is 314 g/mol. The number of benzene rings is 1. The van der Waals surface area contributed by atoms with Gasteiger partial charge in [-0.25, -0.2) is 0 Å². The third-order valence-electron chi connectivity index (χ3n) is 3.31. The van der Waals surface area contributed by atoms with Crippen molar-refractivity contribution < 1.29 is 0 Å². The Balaban J connectivity index is 2.10. The quantitative estimate of drug-likeness (QED) is 0.797. The summed E-state index contributed by atoms with van der Waals surface area (Å²) in [7, 11) is 1.94. The number of nitrogens with one attached hydrogen (secondary N) is 1. The molecule has 0 saturated heterocycles. The van der Waals surface area contributed by atoms with Gasteiger partial charge in [0.05, 0.1) is 17.3 Å². The van der Waals surface area contributed by atoms with E-state index in [0.717, 1.165) is 21.1 Å². The topological polar surface area (TPSA) is 37.8 Å². The average Bonchev–Trinajstić information content (AvgIpc) is 2.50. The van der Waals surface area contributed by atoms with E-state index in [4.69, 9.17) is 0 Å². The van der Waals surface area contributed by atoms with Crippen LogP contribution in [0.25, 0.3) is 10.9 Å². The SMILES string of the molecule is CNC(c1ccc2ncccc2c1)c1ncccc1Br. The molecule has 0 aliphatic rings. The van der Waals surface area contributed by atoms with Gasteiger partial charge >= 0.3 is 0 Å². The van der Waals surface area contributed by atoms with Crippen LogP contribution in [0.1, 0.15) is 17.3 Å². The Morgan fingerprint density at radius 1 is 1.05 bits per heavy atom. The Morgan fingerprint density at radius 2 is 1.85 bits per heavy atom. The van der Waals surface area contributed by atoms with Crippen molar-refractivity contribution in [3.05, 3.63) is 70.6 Å². The van der Waals surface area contributed by atoms with E-state index in [9.17, 15) is 0 Å². The minimum absolute atomic E-state index is 0.0511. The molecule has 1 aromatic carbocycles. The van der Waals surface area contributed by atoms with Gasteiger partial charge in [0.1, 0.15) is 0 Å². The molecule has 3 nitrogen and oxygen atoms in total. The van der Waals surface area contributed by atoms with Gasteiger partial charge in [-0.05, 0) is 58.9 Å². The van der Waals surface area contributed by atoms with Crippen molar-refractivity contribution in [1.29, 1.82) is 0 Å². The van der Waals surface area contributed by atoms with E-state index in [-0.39, 0.29) is 6.04 Å². The van der Waals surface area contributed by atoms with Crippen molar-refractivity contribution >= 4 is 26.8 Å². The van der Waals surface area contributed by atoms with Crippen LogP contribution in [-0.2, 0) is 0 Å². The summed E-state index contributed by atoms with van der Waals surface area (Å²) in [6.07, 6.45) is 3.62. The van der Waals surface area contributed by atoms with Crippen LogP contribution in [0.15, 0.2) is 59.3 Å². The molecule has 1 N–H and O–H groups in total. The second-order valence-electron chi connectivity index (χ2n) is 4.55. The summed E-state index contributed by atoms with van der Waals surface area (Å²) in [5.74, 6) is 0. The number of rotatable bonds is 3. The van der Waals surface area contributed by atoms with Crippen LogP contribution in [0, 0.1) is 0 Å². The number of pyridine rings is 2. The number of fused-ring (bicyclic) bond motifs is 1. The first-order valence-corrected chi connectivity index (χ1v) is 7.21. The monoisotopic (exact) mass is 327 g/mol. The number of hydrogen-bond donors (Lipinski definition) is 1. The minimum Gasteiger partial charge on any atom is -0.308 e. The molecule has 2 aromatic heterocycles. The molecule has 0 fully saturated rings. The molecule has 1 atom stereocenters. The molecule has 100 valence electrons. The standard InChI is InChI=1S/C16H14BrN3/c1-18-15(16-13(17)5-3-9-20-16)12-6-7-14-11(10-12)4-2-8-19-14/h2-10,15,18H,1H3. The highest BCUT2D eigenvalue weighted by Crippen LogP contribution is 2.28. The predicted molar refractivity (Wildman–Crippen MR) is 84.6 cm³/mol. The Labute approximate surface area is 126 Å². The van der Waals surface area contributed by atoms with Gasteiger partial charge in [-0.1, -0.05) is 12.1 Å². The predicted octanol–water partition coefficient (Wildman–Crippen LogP) is 3.70. The third-order valence-corrected chi connectivity index (χ3v) is 3.98. The van der Waals surface area contributed by atoms with Gasteiger partial charge in [0, 0.05) is 22.3 Å². The second kappa shape index (κ2) is 5.69. The summed E-state index contributed by atoms with van der Waals surface area (Å²) in [5.41, 5.74) is 3.16. The molecule has 0 amide bonds. The highest BCUT2D eigenvalue weighted by Gasteiger charge is 2.16. The van der Waals surface area contributed by atoms with E-state index in [2.05, 4.69) is 49.4 Å². The lowest BCUT2D eigenvalue weighted by molar-refractivity contribution is 0.668. The largest absolute Gasteiger partial charge is 0.308 e. The molecule has 2 heterocycles. The zero-order chi connectivity index (χ0) is 13.9. The third kappa shape index (κ3) is 2.44. The molecule has 3 rings (SSSR count). The second-order valence-corrected chi connectivity index (χ2v) is 5.40. The summed E-state index contributed by atoms with van der Waals surface area (Å²) >= 11 is 3.57. The number of nitrogens with zero attached hydrogens (tertiary/aromatic N) is 2. The maximum Gasteiger partial charge on any atom is 0.0760 e. The molecule has 4 heteroatoms. The molecule has 3 aromatic rings. The van der Waals surface area contributed by atoms with E-state index in [1.807, 2.05) is 43.7 Å². The van der Waals surface area contributed by atoms with Gasteiger partial charge in [0.2, 0.25) is 0 Å². The van der Waals surface area contributed by atoms with Gasteiger partial charge in [-0.15, -0.1) is 0 Å². The highest BCUT2D eigenvalue weighted by atomic mass is 79.9. The van der Waals surface area contributed by atoms with E-state index >= 15 is 0 Å². The fourth-order valence-corrected chi connectivity index (χ4v) is 2.83. The van der Waals surface area contributed by atoms with Crippen LogP contribution >= 0.6 is 15.9 Å². The highest BCUT2D eigenvalue weighted by molar-refractivity contribution is 9.10.